The predicted octanol–water partition coefficient (Wildman–Crippen LogP) is 6.52. The standard InChI is InChI=1S/C25H35ClN2O2/c1-6-19-17-21(26)9-10-22(19)23(16-18(2)8-7-13-27)20-11-14-28(15-12-20)24(29)30-25(3,4)5/h6-10,13,17,20,23H,1,11-12,14-16,27H2,2-5H3/b13-7-,18-8-. The van der Waals surface area contributed by atoms with Gasteiger partial charge in [-0.15, -0.1) is 0 Å². The average molecular weight is 431 g/mol. The van der Waals surface area contributed by atoms with Crippen molar-refractivity contribution in [2.75, 3.05) is 13.1 Å². The van der Waals surface area contributed by atoms with Gasteiger partial charge in [0.2, 0.25) is 0 Å². The van der Waals surface area contributed by atoms with Crippen molar-refractivity contribution in [2.24, 2.45) is 11.7 Å². The van der Waals surface area contributed by atoms with Gasteiger partial charge in [-0.1, -0.05) is 42.0 Å². The highest BCUT2D eigenvalue weighted by Gasteiger charge is 2.32. The van der Waals surface area contributed by atoms with Crippen LogP contribution < -0.4 is 5.73 Å². The summed E-state index contributed by atoms with van der Waals surface area (Å²) in [6.07, 6.45) is 9.92. The normalized spacial score (nSPS) is 17.2. The molecule has 2 rings (SSSR count). The Balaban J connectivity index is 2.22. The van der Waals surface area contributed by atoms with Crippen molar-refractivity contribution in [1.82, 2.24) is 4.90 Å². The first-order chi connectivity index (χ1) is 14.1. The molecule has 1 fully saturated rings. The predicted molar refractivity (Wildman–Crippen MR) is 127 cm³/mol. The molecule has 1 heterocycles. The Kier molecular flexibility index (Phi) is 8.60. The zero-order chi connectivity index (χ0) is 22.3. The molecule has 1 unspecified atom stereocenters. The molecule has 1 amide bonds. The molecule has 1 atom stereocenters. The highest BCUT2D eigenvalue weighted by molar-refractivity contribution is 6.30. The molecule has 1 saturated heterocycles. The third-order valence-electron chi connectivity index (χ3n) is 5.46. The Morgan fingerprint density at radius 3 is 2.60 bits per heavy atom. The maximum absolute atomic E-state index is 12.4. The van der Waals surface area contributed by atoms with E-state index in [4.69, 9.17) is 22.1 Å². The van der Waals surface area contributed by atoms with Gasteiger partial charge in [0, 0.05) is 18.1 Å². The van der Waals surface area contributed by atoms with Gasteiger partial charge < -0.3 is 15.4 Å². The van der Waals surface area contributed by atoms with Crippen molar-refractivity contribution in [3.05, 3.63) is 64.9 Å². The van der Waals surface area contributed by atoms with Crippen LogP contribution in [0.25, 0.3) is 6.08 Å². The molecule has 1 aromatic rings. The lowest BCUT2D eigenvalue weighted by Crippen LogP contribution is -2.42. The number of carbonyl (C=O) groups excluding carboxylic acids is 1. The summed E-state index contributed by atoms with van der Waals surface area (Å²) in [5.74, 6) is 0.771. The lowest BCUT2D eigenvalue weighted by atomic mass is 9.75. The number of allylic oxidation sites excluding steroid dienone is 3. The number of likely N-dealkylation sites (tertiary alicyclic amines) is 1. The fraction of sp³-hybridized carbons (Fsp3) is 0.480. The molecule has 2 N–H and O–H groups in total. The van der Waals surface area contributed by atoms with Crippen LogP contribution in [-0.2, 0) is 4.74 Å². The Labute approximate surface area is 186 Å². The Bertz CT molecular complexity index is 800. The Morgan fingerprint density at radius 2 is 2.03 bits per heavy atom. The van der Waals surface area contributed by atoms with Gasteiger partial charge in [0.1, 0.15) is 5.60 Å². The van der Waals surface area contributed by atoms with Gasteiger partial charge in [-0.25, -0.2) is 4.79 Å². The van der Waals surface area contributed by atoms with E-state index in [1.807, 2.05) is 50.0 Å². The van der Waals surface area contributed by atoms with Crippen LogP contribution in [0.15, 0.2) is 48.7 Å². The number of hydrogen-bond acceptors (Lipinski definition) is 3. The molecule has 0 bridgehead atoms. The van der Waals surface area contributed by atoms with E-state index >= 15 is 0 Å². The van der Waals surface area contributed by atoms with Crippen molar-refractivity contribution in [1.29, 1.82) is 0 Å². The summed E-state index contributed by atoms with van der Waals surface area (Å²) in [6.45, 7) is 13.2. The average Bonchev–Trinajstić information content (AvgIpc) is 2.69. The molecule has 1 aromatic carbocycles. The minimum Gasteiger partial charge on any atom is -0.444 e. The van der Waals surface area contributed by atoms with E-state index in [9.17, 15) is 4.79 Å². The SMILES string of the molecule is C=Cc1cc(Cl)ccc1C(C/C(C)=C\C=C/N)C1CCN(C(=O)OC(C)(C)C)CC1. The van der Waals surface area contributed by atoms with Crippen molar-refractivity contribution >= 4 is 23.8 Å². The van der Waals surface area contributed by atoms with Crippen molar-refractivity contribution < 1.29 is 9.53 Å². The number of halogens is 1. The number of carbonyl (C=O) groups is 1. The van der Waals surface area contributed by atoms with Gasteiger partial charge in [0.05, 0.1) is 0 Å². The number of rotatable bonds is 6. The highest BCUT2D eigenvalue weighted by atomic mass is 35.5. The van der Waals surface area contributed by atoms with E-state index < -0.39 is 5.60 Å². The molecule has 4 nitrogen and oxygen atoms in total. The fourth-order valence-electron chi connectivity index (χ4n) is 4.04. The summed E-state index contributed by atoms with van der Waals surface area (Å²) in [4.78, 5) is 14.3. The molecule has 1 aliphatic heterocycles. The van der Waals surface area contributed by atoms with Crippen LogP contribution in [-0.4, -0.2) is 29.7 Å². The van der Waals surface area contributed by atoms with E-state index in [0.29, 0.717) is 29.9 Å². The summed E-state index contributed by atoms with van der Waals surface area (Å²) in [6, 6.07) is 6.05. The second-order valence-corrected chi connectivity index (χ2v) is 9.43. The van der Waals surface area contributed by atoms with Crippen LogP contribution in [0.4, 0.5) is 4.79 Å². The van der Waals surface area contributed by atoms with E-state index in [2.05, 4.69) is 25.6 Å². The van der Waals surface area contributed by atoms with E-state index in [1.165, 1.54) is 11.1 Å². The molecule has 0 aromatic heterocycles. The van der Waals surface area contributed by atoms with Crippen molar-refractivity contribution in [2.45, 2.75) is 58.5 Å². The van der Waals surface area contributed by atoms with Crippen LogP contribution in [0.1, 0.15) is 64.0 Å². The van der Waals surface area contributed by atoms with Gasteiger partial charge in [-0.3, -0.25) is 0 Å². The molecular weight excluding hydrogens is 396 g/mol. The molecule has 0 spiro atoms. The molecule has 0 radical (unpaired) electrons. The molecule has 0 aliphatic carbocycles. The van der Waals surface area contributed by atoms with Gasteiger partial charge in [0.15, 0.2) is 0 Å². The maximum atomic E-state index is 12.4. The maximum Gasteiger partial charge on any atom is 0.410 e. The van der Waals surface area contributed by atoms with Crippen LogP contribution in [0.3, 0.4) is 0 Å². The quantitative estimate of drug-likeness (QED) is 0.522. The number of amides is 1. The first-order valence-corrected chi connectivity index (χ1v) is 11.0. The lowest BCUT2D eigenvalue weighted by molar-refractivity contribution is 0.0173. The van der Waals surface area contributed by atoms with Gasteiger partial charge in [0.25, 0.3) is 0 Å². The smallest absolute Gasteiger partial charge is 0.410 e. The van der Waals surface area contributed by atoms with Crippen LogP contribution in [0, 0.1) is 5.92 Å². The van der Waals surface area contributed by atoms with Gasteiger partial charge >= 0.3 is 6.09 Å². The van der Waals surface area contributed by atoms with E-state index in [1.54, 1.807) is 6.20 Å². The van der Waals surface area contributed by atoms with E-state index in [0.717, 1.165) is 24.8 Å². The molecular formula is C25H35ClN2O2. The number of nitrogens with two attached hydrogens (primary N) is 1. The number of hydrogen-bond donors (Lipinski definition) is 1. The minimum absolute atomic E-state index is 0.222. The third kappa shape index (κ3) is 6.94. The first-order valence-electron chi connectivity index (χ1n) is 10.6. The third-order valence-corrected chi connectivity index (χ3v) is 5.70. The van der Waals surface area contributed by atoms with Gasteiger partial charge in [-0.05, 0) is 94.3 Å². The second kappa shape index (κ2) is 10.7. The van der Waals surface area contributed by atoms with E-state index in [-0.39, 0.29) is 6.09 Å². The van der Waals surface area contributed by atoms with Crippen molar-refractivity contribution in [3.63, 3.8) is 0 Å². The van der Waals surface area contributed by atoms with Crippen molar-refractivity contribution in [3.8, 4) is 0 Å². The zero-order valence-corrected chi connectivity index (χ0v) is 19.4. The Morgan fingerprint density at radius 1 is 1.37 bits per heavy atom. The monoisotopic (exact) mass is 430 g/mol. The number of ether oxygens (including phenoxy) is 1. The topological polar surface area (TPSA) is 55.6 Å². The zero-order valence-electron chi connectivity index (χ0n) is 18.7. The number of nitrogens with zero attached hydrogens (tertiary/aromatic N) is 1. The fourth-order valence-corrected chi connectivity index (χ4v) is 4.22. The summed E-state index contributed by atoms with van der Waals surface area (Å²) in [7, 11) is 0. The van der Waals surface area contributed by atoms with Crippen LogP contribution in [0.2, 0.25) is 5.02 Å². The van der Waals surface area contributed by atoms with Gasteiger partial charge in [-0.2, -0.15) is 0 Å². The van der Waals surface area contributed by atoms with Crippen LogP contribution >= 0.6 is 11.6 Å². The summed E-state index contributed by atoms with van der Waals surface area (Å²) in [5, 5.41) is 0.713. The molecule has 5 heteroatoms. The second-order valence-electron chi connectivity index (χ2n) is 8.99. The first kappa shape index (κ1) is 24.1. The summed E-state index contributed by atoms with van der Waals surface area (Å²) in [5.41, 5.74) is 8.63. The molecule has 30 heavy (non-hydrogen) atoms. The lowest BCUT2D eigenvalue weighted by Gasteiger charge is -2.37. The number of piperidine rings is 1. The molecule has 1 aliphatic rings. The highest BCUT2D eigenvalue weighted by Crippen LogP contribution is 2.40. The summed E-state index contributed by atoms with van der Waals surface area (Å²) >= 11 is 6.23. The molecule has 0 saturated carbocycles. The molecule has 164 valence electrons. The minimum atomic E-state index is -0.475. The summed E-state index contributed by atoms with van der Waals surface area (Å²) < 4.78 is 5.55. The Hall–Kier alpha value is -2.20. The number of benzene rings is 1. The largest absolute Gasteiger partial charge is 0.444 e. The van der Waals surface area contributed by atoms with Crippen LogP contribution in [0.5, 0.6) is 0 Å².